The van der Waals surface area contributed by atoms with Crippen LogP contribution in [-0.4, -0.2) is 35.2 Å². The number of benzene rings is 2. The average Bonchev–Trinajstić information content (AvgIpc) is 3.06. The van der Waals surface area contributed by atoms with Gasteiger partial charge in [-0.15, -0.1) is 0 Å². The average molecular weight is 394 g/mol. The molecule has 2 aromatic carbocycles. The molecule has 3 rings (SSSR count). The third-order valence-electron chi connectivity index (χ3n) is 4.46. The maximum atomic E-state index is 12.4. The van der Waals surface area contributed by atoms with Crippen LogP contribution >= 0.6 is 23.2 Å². The molecule has 2 atom stereocenters. The Morgan fingerprint density at radius 1 is 1.12 bits per heavy atom. The van der Waals surface area contributed by atoms with E-state index < -0.39 is 23.9 Å². The van der Waals surface area contributed by atoms with Crippen LogP contribution < -0.4 is 0 Å². The van der Waals surface area contributed by atoms with E-state index in [1.807, 2.05) is 30.3 Å². The molecule has 0 spiro atoms. The van der Waals surface area contributed by atoms with Crippen LogP contribution in [-0.2, 0) is 16.1 Å². The van der Waals surface area contributed by atoms with Crippen LogP contribution in [0, 0.1) is 5.92 Å². The molecule has 136 valence electrons. The van der Waals surface area contributed by atoms with Crippen molar-refractivity contribution in [2.24, 2.45) is 5.92 Å². The minimum Gasteiger partial charge on any atom is -0.481 e. The quantitative estimate of drug-likeness (QED) is 0.833. The zero-order chi connectivity index (χ0) is 18.7. The van der Waals surface area contributed by atoms with Crippen LogP contribution in [0.2, 0.25) is 10.0 Å². The van der Waals surface area contributed by atoms with Crippen molar-refractivity contribution < 1.29 is 19.4 Å². The van der Waals surface area contributed by atoms with E-state index in [4.69, 9.17) is 27.9 Å². The van der Waals surface area contributed by atoms with Crippen molar-refractivity contribution in [3.8, 4) is 0 Å². The van der Waals surface area contributed by atoms with Crippen LogP contribution in [0.5, 0.6) is 0 Å². The fourth-order valence-electron chi connectivity index (χ4n) is 3.13. The second-order valence-electron chi connectivity index (χ2n) is 6.16. The first-order chi connectivity index (χ1) is 12.5. The second-order valence-corrected chi connectivity index (χ2v) is 7.01. The third-order valence-corrected chi connectivity index (χ3v) is 5.02. The monoisotopic (exact) mass is 393 g/mol. The smallest absolute Gasteiger partial charge is 0.410 e. The molecular formula is C19H17Cl2NO4. The van der Waals surface area contributed by atoms with Gasteiger partial charge in [0.1, 0.15) is 6.61 Å². The number of hydrogen-bond acceptors (Lipinski definition) is 3. The van der Waals surface area contributed by atoms with Gasteiger partial charge in [-0.1, -0.05) is 59.6 Å². The number of amides is 1. The molecule has 1 saturated heterocycles. The molecule has 0 bridgehead atoms. The summed E-state index contributed by atoms with van der Waals surface area (Å²) in [6.45, 7) is 0.443. The Kier molecular flexibility index (Phi) is 5.69. The lowest BCUT2D eigenvalue weighted by atomic mass is 9.89. The van der Waals surface area contributed by atoms with Gasteiger partial charge in [-0.2, -0.15) is 0 Å². The van der Waals surface area contributed by atoms with Crippen molar-refractivity contribution >= 4 is 35.3 Å². The number of rotatable bonds is 4. The van der Waals surface area contributed by atoms with E-state index in [0.29, 0.717) is 15.6 Å². The van der Waals surface area contributed by atoms with Crippen molar-refractivity contribution in [2.45, 2.75) is 12.5 Å². The highest BCUT2D eigenvalue weighted by molar-refractivity contribution is 6.35. The summed E-state index contributed by atoms with van der Waals surface area (Å²) in [5, 5.41) is 10.4. The predicted molar refractivity (Wildman–Crippen MR) is 98.5 cm³/mol. The molecule has 1 N–H and O–H groups in total. The van der Waals surface area contributed by atoms with E-state index in [2.05, 4.69) is 0 Å². The van der Waals surface area contributed by atoms with Gasteiger partial charge in [-0.25, -0.2) is 4.79 Å². The lowest BCUT2D eigenvalue weighted by Gasteiger charge is -2.17. The van der Waals surface area contributed by atoms with Gasteiger partial charge in [-0.05, 0) is 23.3 Å². The SMILES string of the molecule is O=C(O)[C@H]1CN(C(=O)OCc2ccccc2)C[C@@H]1c1ccc(Cl)cc1Cl. The Labute approximate surface area is 161 Å². The molecular weight excluding hydrogens is 377 g/mol. The Bertz CT molecular complexity index is 812. The van der Waals surface area contributed by atoms with Gasteiger partial charge in [0.05, 0.1) is 5.92 Å². The van der Waals surface area contributed by atoms with Crippen molar-refractivity contribution in [1.82, 2.24) is 4.90 Å². The maximum absolute atomic E-state index is 12.4. The highest BCUT2D eigenvalue weighted by Gasteiger charge is 2.41. The summed E-state index contributed by atoms with van der Waals surface area (Å²) >= 11 is 12.2. The summed E-state index contributed by atoms with van der Waals surface area (Å²) in [7, 11) is 0. The van der Waals surface area contributed by atoms with Crippen molar-refractivity contribution in [3.05, 3.63) is 69.7 Å². The molecule has 1 aliphatic rings. The molecule has 2 aromatic rings. The minimum absolute atomic E-state index is 0.0760. The number of carbonyl (C=O) groups is 2. The van der Waals surface area contributed by atoms with Gasteiger partial charge in [-0.3, -0.25) is 4.79 Å². The van der Waals surface area contributed by atoms with Gasteiger partial charge >= 0.3 is 12.1 Å². The maximum Gasteiger partial charge on any atom is 0.410 e. The second kappa shape index (κ2) is 7.98. The number of hydrogen-bond donors (Lipinski definition) is 1. The van der Waals surface area contributed by atoms with Gasteiger partial charge in [0.15, 0.2) is 0 Å². The molecule has 0 unspecified atom stereocenters. The highest BCUT2D eigenvalue weighted by Crippen LogP contribution is 2.37. The molecule has 0 saturated carbocycles. The van der Waals surface area contributed by atoms with Crippen molar-refractivity contribution in [1.29, 1.82) is 0 Å². The van der Waals surface area contributed by atoms with Gasteiger partial charge in [0.25, 0.3) is 0 Å². The Hall–Kier alpha value is -2.24. The van der Waals surface area contributed by atoms with Crippen LogP contribution in [0.25, 0.3) is 0 Å². The zero-order valence-corrected chi connectivity index (χ0v) is 15.3. The molecule has 0 radical (unpaired) electrons. The fraction of sp³-hybridized carbons (Fsp3) is 0.263. The molecule has 1 aliphatic heterocycles. The summed E-state index contributed by atoms with van der Waals surface area (Å²) in [6.07, 6.45) is -0.535. The van der Waals surface area contributed by atoms with Gasteiger partial charge in [0, 0.05) is 29.1 Å². The molecule has 7 heteroatoms. The first-order valence-corrected chi connectivity index (χ1v) is 8.84. The molecule has 0 aromatic heterocycles. The normalized spacial score (nSPS) is 19.4. The Morgan fingerprint density at radius 2 is 1.85 bits per heavy atom. The Balaban J connectivity index is 1.72. The number of carbonyl (C=O) groups excluding carboxylic acids is 1. The first kappa shape index (κ1) is 18.5. The van der Waals surface area contributed by atoms with Crippen LogP contribution in [0.15, 0.2) is 48.5 Å². The predicted octanol–water partition coefficient (Wildman–Crippen LogP) is 4.43. The standard InChI is InChI=1S/C19H17Cl2NO4/c20-13-6-7-14(17(21)8-13)15-9-22(10-16(15)18(23)24)19(25)26-11-12-4-2-1-3-5-12/h1-8,15-16H,9-11H2,(H,23,24)/t15-,16+/m1/s1. The number of nitrogens with zero attached hydrogens (tertiary/aromatic N) is 1. The molecule has 1 amide bonds. The molecule has 1 heterocycles. The summed E-state index contributed by atoms with van der Waals surface area (Å²) in [5.74, 6) is -2.14. The first-order valence-electron chi connectivity index (χ1n) is 8.09. The summed E-state index contributed by atoms with van der Waals surface area (Å²) in [5.41, 5.74) is 1.54. The summed E-state index contributed by atoms with van der Waals surface area (Å²) in [4.78, 5) is 25.4. The molecule has 26 heavy (non-hydrogen) atoms. The zero-order valence-electron chi connectivity index (χ0n) is 13.8. The van der Waals surface area contributed by atoms with E-state index in [0.717, 1.165) is 5.56 Å². The van der Waals surface area contributed by atoms with Crippen LogP contribution in [0.1, 0.15) is 17.0 Å². The third kappa shape index (κ3) is 4.11. The number of aliphatic carboxylic acids is 1. The van der Waals surface area contributed by atoms with Crippen LogP contribution in [0.3, 0.4) is 0 Å². The minimum atomic E-state index is -0.973. The van der Waals surface area contributed by atoms with E-state index in [1.165, 1.54) is 4.90 Å². The molecule has 0 aliphatic carbocycles. The molecule has 1 fully saturated rings. The fourth-order valence-corrected chi connectivity index (χ4v) is 3.68. The lowest BCUT2D eigenvalue weighted by Crippen LogP contribution is -2.30. The van der Waals surface area contributed by atoms with Gasteiger partial charge < -0.3 is 14.7 Å². The summed E-state index contributed by atoms with van der Waals surface area (Å²) < 4.78 is 5.31. The van der Waals surface area contributed by atoms with Crippen molar-refractivity contribution in [2.75, 3.05) is 13.1 Å². The van der Waals surface area contributed by atoms with E-state index in [-0.39, 0.29) is 19.7 Å². The van der Waals surface area contributed by atoms with E-state index >= 15 is 0 Å². The molecule has 5 nitrogen and oxygen atoms in total. The number of halogens is 2. The van der Waals surface area contributed by atoms with Crippen LogP contribution in [0.4, 0.5) is 4.79 Å². The number of carboxylic acids is 1. The lowest BCUT2D eigenvalue weighted by molar-refractivity contribution is -0.141. The van der Waals surface area contributed by atoms with E-state index in [9.17, 15) is 14.7 Å². The highest BCUT2D eigenvalue weighted by atomic mass is 35.5. The van der Waals surface area contributed by atoms with Crippen molar-refractivity contribution in [3.63, 3.8) is 0 Å². The summed E-state index contributed by atoms with van der Waals surface area (Å²) in [6, 6.07) is 14.3. The topological polar surface area (TPSA) is 66.8 Å². The van der Waals surface area contributed by atoms with E-state index in [1.54, 1.807) is 18.2 Å². The van der Waals surface area contributed by atoms with Gasteiger partial charge in [0.2, 0.25) is 0 Å². The number of likely N-dealkylation sites (tertiary alicyclic amines) is 1. The Morgan fingerprint density at radius 3 is 2.50 bits per heavy atom. The number of carboxylic acid groups (broad SMARTS) is 1. The number of ether oxygens (including phenoxy) is 1. The largest absolute Gasteiger partial charge is 0.481 e.